The van der Waals surface area contributed by atoms with Crippen LogP contribution in [0.25, 0.3) is 0 Å². The number of nitrogens with two attached hydrogens (primary N) is 1. The van der Waals surface area contributed by atoms with Crippen molar-refractivity contribution >= 4 is 40.1 Å². The van der Waals surface area contributed by atoms with Crippen LogP contribution in [0, 0.1) is 0 Å². The van der Waals surface area contributed by atoms with Crippen molar-refractivity contribution in [2.24, 2.45) is 5.73 Å². The molecule has 0 aliphatic heterocycles. The first-order valence-corrected chi connectivity index (χ1v) is 5.02. The second-order valence-corrected chi connectivity index (χ2v) is 3.60. The highest BCUT2D eigenvalue weighted by Crippen LogP contribution is 2.15. The van der Waals surface area contributed by atoms with Gasteiger partial charge in [-0.3, -0.25) is 0 Å². The van der Waals surface area contributed by atoms with E-state index in [4.69, 9.17) is 5.73 Å². The first kappa shape index (κ1) is 14.2. The largest absolute Gasteiger partial charge is 0.337 e. The van der Waals surface area contributed by atoms with Crippen molar-refractivity contribution < 1.29 is 4.79 Å². The lowest BCUT2D eigenvalue weighted by Gasteiger charge is -2.06. The minimum atomic E-state index is -0.242. The van der Waals surface area contributed by atoms with E-state index in [1.165, 1.54) is 0 Å². The highest BCUT2D eigenvalue weighted by atomic mass is 79.9. The summed E-state index contributed by atoms with van der Waals surface area (Å²) < 4.78 is 0.925. The summed E-state index contributed by atoms with van der Waals surface area (Å²) in [5, 5.41) is 5.29. The fraction of sp³-hybridized carbons (Fsp3) is 0.222. The number of hydrogen-bond donors (Lipinski definition) is 3. The molecule has 4 N–H and O–H groups in total. The number of urea groups is 1. The maximum absolute atomic E-state index is 11.2. The lowest BCUT2D eigenvalue weighted by atomic mass is 10.3. The smallest absolute Gasteiger partial charge is 0.319 e. The second-order valence-electron chi connectivity index (χ2n) is 2.68. The molecule has 1 rings (SSSR count). The number of carbonyl (C=O) groups is 1. The van der Waals surface area contributed by atoms with Gasteiger partial charge in [-0.25, -0.2) is 4.79 Å². The molecular formula is C9H13BrClN3O. The summed E-state index contributed by atoms with van der Waals surface area (Å²) in [6, 6.07) is 7.13. The molecule has 0 saturated carbocycles. The number of amides is 2. The lowest BCUT2D eigenvalue weighted by molar-refractivity contribution is 0.252. The number of hydrogen-bond acceptors (Lipinski definition) is 2. The average Bonchev–Trinajstić information content (AvgIpc) is 2.15. The highest BCUT2D eigenvalue weighted by molar-refractivity contribution is 9.10. The topological polar surface area (TPSA) is 67.1 Å². The highest BCUT2D eigenvalue weighted by Gasteiger charge is 1.99. The zero-order chi connectivity index (χ0) is 10.4. The molecule has 0 radical (unpaired) electrons. The number of halogens is 2. The molecule has 0 aromatic heterocycles. The molecular weight excluding hydrogens is 281 g/mol. The molecule has 1 aromatic rings. The molecule has 0 aliphatic rings. The summed E-state index contributed by atoms with van der Waals surface area (Å²) in [6.07, 6.45) is 0. The fourth-order valence-corrected chi connectivity index (χ4v) is 1.33. The normalized spacial score (nSPS) is 8.93. The summed E-state index contributed by atoms with van der Waals surface area (Å²) in [7, 11) is 0. The number of rotatable bonds is 3. The summed E-state index contributed by atoms with van der Waals surface area (Å²) >= 11 is 3.31. The molecule has 0 heterocycles. The molecule has 0 saturated heterocycles. The summed E-state index contributed by atoms with van der Waals surface area (Å²) in [6.45, 7) is 0.908. The molecule has 2 amide bonds. The van der Waals surface area contributed by atoms with Crippen LogP contribution in [0.15, 0.2) is 28.7 Å². The molecule has 0 aliphatic carbocycles. The van der Waals surface area contributed by atoms with Gasteiger partial charge in [-0.2, -0.15) is 0 Å². The van der Waals surface area contributed by atoms with Crippen LogP contribution >= 0.6 is 28.3 Å². The monoisotopic (exact) mass is 293 g/mol. The van der Waals surface area contributed by atoms with Crippen molar-refractivity contribution in [1.29, 1.82) is 0 Å². The molecule has 1 aromatic carbocycles. The molecule has 84 valence electrons. The Balaban J connectivity index is 0.00000196. The van der Waals surface area contributed by atoms with Gasteiger partial charge >= 0.3 is 6.03 Å². The van der Waals surface area contributed by atoms with E-state index < -0.39 is 0 Å². The average molecular weight is 295 g/mol. The van der Waals surface area contributed by atoms with E-state index in [9.17, 15) is 4.79 Å². The lowest BCUT2D eigenvalue weighted by Crippen LogP contribution is -2.32. The summed E-state index contributed by atoms with van der Waals surface area (Å²) in [5.74, 6) is 0. The quantitative estimate of drug-likeness (QED) is 0.797. The van der Waals surface area contributed by atoms with E-state index >= 15 is 0 Å². The Labute approximate surface area is 103 Å². The Morgan fingerprint density at radius 3 is 2.80 bits per heavy atom. The molecule has 15 heavy (non-hydrogen) atoms. The Hall–Kier alpha value is -0.780. The third-order valence-corrected chi connectivity index (χ3v) is 2.01. The van der Waals surface area contributed by atoms with Crippen LogP contribution in [-0.4, -0.2) is 19.1 Å². The van der Waals surface area contributed by atoms with E-state index in [-0.39, 0.29) is 18.4 Å². The maximum Gasteiger partial charge on any atom is 0.319 e. The van der Waals surface area contributed by atoms with Crippen LogP contribution in [0.1, 0.15) is 0 Å². The zero-order valence-corrected chi connectivity index (χ0v) is 10.4. The predicted octanol–water partition coefficient (Wildman–Crippen LogP) is 1.95. The van der Waals surface area contributed by atoms with Gasteiger partial charge in [-0.15, -0.1) is 12.4 Å². The molecule has 0 unspecified atom stereocenters. The van der Waals surface area contributed by atoms with Gasteiger partial charge in [0.15, 0.2) is 0 Å². The summed E-state index contributed by atoms with van der Waals surface area (Å²) in [4.78, 5) is 11.2. The first-order chi connectivity index (χ1) is 6.72. The van der Waals surface area contributed by atoms with Gasteiger partial charge in [0.1, 0.15) is 0 Å². The van der Waals surface area contributed by atoms with Crippen LogP contribution in [-0.2, 0) is 0 Å². The molecule has 0 spiro atoms. The third-order valence-electron chi connectivity index (χ3n) is 1.51. The fourth-order valence-electron chi connectivity index (χ4n) is 0.927. The zero-order valence-electron chi connectivity index (χ0n) is 8.00. The van der Waals surface area contributed by atoms with Crippen LogP contribution in [0.4, 0.5) is 10.5 Å². The molecule has 0 atom stereocenters. The van der Waals surface area contributed by atoms with E-state index in [1.54, 1.807) is 0 Å². The van der Waals surface area contributed by atoms with E-state index in [0.29, 0.717) is 13.1 Å². The van der Waals surface area contributed by atoms with Crippen LogP contribution in [0.3, 0.4) is 0 Å². The van der Waals surface area contributed by atoms with Crippen molar-refractivity contribution in [2.45, 2.75) is 0 Å². The van der Waals surface area contributed by atoms with Crippen molar-refractivity contribution in [1.82, 2.24) is 5.32 Å². The van der Waals surface area contributed by atoms with E-state index in [1.807, 2.05) is 24.3 Å². The number of nitrogens with one attached hydrogen (secondary N) is 2. The second kappa shape index (κ2) is 7.50. The summed E-state index contributed by atoms with van der Waals surface area (Å²) in [5.41, 5.74) is 5.99. The van der Waals surface area contributed by atoms with Crippen LogP contribution in [0.2, 0.25) is 0 Å². The van der Waals surface area contributed by atoms with Gasteiger partial charge in [0.05, 0.1) is 0 Å². The maximum atomic E-state index is 11.2. The minimum Gasteiger partial charge on any atom is -0.337 e. The Bertz CT molecular complexity index is 322. The van der Waals surface area contributed by atoms with Crippen LogP contribution in [0.5, 0.6) is 0 Å². The standard InChI is InChI=1S/C9H12BrN3O.ClH/c10-7-2-1-3-8(6-7)13-9(14)12-5-4-11;/h1-3,6H,4-5,11H2,(H2,12,13,14);1H. The van der Waals surface area contributed by atoms with E-state index in [2.05, 4.69) is 26.6 Å². The van der Waals surface area contributed by atoms with Gasteiger partial charge in [0.25, 0.3) is 0 Å². The van der Waals surface area contributed by atoms with Crippen molar-refractivity contribution in [3.63, 3.8) is 0 Å². The van der Waals surface area contributed by atoms with Gasteiger partial charge in [-0.1, -0.05) is 22.0 Å². The molecule has 4 nitrogen and oxygen atoms in total. The predicted molar refractivity (Wildman–Crippen MR) is 67.5 cm³/mol. The Kier molecular flexibility index (Phi) is 7.11. The molecule has 6 heteroatoms. The van der Waals surface area contributed by atoms with Crippen LogP contribution < -0.4 is 16.4 Å². The molecule has 0 bridgehead atoms. The van der Waals surface area contributed by atoms with Gasteiger partial charge in [0.2, 0.25) is 0 Å². The van der Waals surface area contributed by atoms with Crippen molar-refractivity contribution in [2.75, 3.05) is 18.4 Å². The SMILES string of the molecule is Cl.NCCNC(=O)Nc1cccc(Br)c1. The first-order valence-electron chi connectivity index (χ1n) is 4.23. The van der Waals surface area contributed by atoms with Crippen molar-refractivity contribution in [3.8, 4) is 0 Å². The molecule has 0 fully saturated rings. The minimum absolute atomic E-state index is 0. The van der Waals surface area contributed by atoms with Gasteiger partial charge in [-0.05, 0) is 18.2 Å². The van der Waals surface area contributed by atoms with Crippen molar-refractivity contribution in [3.05, 3.63) is 28.7 Å². The van der Waals surface area contributed by atoms with Gasteiger partial charge in [0, 0.05) is 23.2 Å². The Morgan fingerprint density at radius 1 is 1.47 bits per heavy atom. The van der Waals surface area contributed by atoms with Gasteiger partial charge < -0.3 is 16.4 Å². The number of anilines is 1. The van der Waals surface area contributed by atoms with E-state index in [0.717, 1.165) is 10.2 Å². The number of carbonyl (C=O) groups excluding carboxylic acids is 1. The number of benzene rings is 1. The Morgan fingerprint density at radius 2 is 2.20 bits per heavy atom. The third kappa shape index (κ3) is 5.61.